The van der Waals surface area contributed by atoms with Crippen molar-refractivity contribution in [2.75, 3.05) is 0 Å². The number of halogens is 5. The number of hydrogen-bond donors (Lipinski definition) is 2. The van der Waals surface area contributed by atoms with Crippen molar-refractivity contribution >= 4 is 40.7 Å². The molecule has 28 heavy (non-hydrogen) atoms. The maximum atomic E-state index is 14.0. The fraction of sp³-hybridized carbons (Fsp3) is 0.350. The molecule has 2 N–H and O–H groups in total. The molecule has 0 aliphatic heterocycles. The van der Waals surface area contributed by atoms with E-state index in [0.29, 0.717) is 5.02 Å². The lowest BCUT2D eigenvalue weighted by Gasteiger charge is -2.41. The van der Waals surface area contributed by atoms with E-state index in [4.69, 9.17) is 34.8 Å². The zero-order valence-electron chi connectivity index (χ0n) is 14.7. The molecule has 0 bridgehead atoms. The van der Waals surface area contributed by atoms with E-state index in [1.165, 1.54) is 36.4 Å². The molecule has 3 rings (SSSR count). The van der Waals surface area contributed by atoms with E-state index in [0.717, 1.165) is 0 Å². The molecule has 8 heteroatoms. The highest BCUT2D eigenvalue weighted by Gasteiger charge is 2.43. The Hall–Kier alpha value is -1.40. The van der Waals surface area contributed by atoms with Gasteiger partial charge in [0, 0.05) is 5.56 Å². The molecule has 0 radical (unpaired) electrons. The minimum atomic E-state index is -1.47. The summed E-state index contributed by atoms with van der Waals surface area (Å²) in [4.78, 5) is 12.8. The fourth-order valence-electron chi connectivity index (χ4n) is 3.47. The monoisotopic (exact) mass is 447 g/mol. The molecule has 1 unspecified atom stereocenters. The maximum absolute atomic E-state index is 14.0. The number of alkyl halides is 1. The van der Waals surface area contributed by atoms with Gasteiger partial charge in [0.15, 0.2) is 0 Å². The van der Waals surface area contributed by atoms with Gasteiger partial charge in [0.1, 0.15) is 12.0 Å². The summed E-state index contributed by atoms with van der Waals surface area (Å²) >= 11 is 18.0. The van der Waals surface area contributed by atoms with Crippen LogP contribution in [0.5, 0.6) is 0 Å². The molecule has 1 fully saturated rings. The van der Waals surface area contributed by atoms with Crippen LogP contribution in [0.1, 0.15) is 47.6 Å². The zero-order chi connectivity index (χ0) is 20.5. The lowest BCUT2D eigenvalue weighted by atomic mass is 9.76. The third-order valence-electron chi connectivity index (χ3n) is 5.07. The molecule has 150 valence electrons. The van der Waals surface area contributed by atoms with Crippen LogP contribution in [0, 0.1) is 5.82 Å². The quantitative estimate of drug-likeness (QED) is 0.612. The van der Waals surface area contributed by atoms with Crippen LogP contribution in [0.4, 0.5) is 8.78 Å². The van der Waals surface area contributed by atoms with Crippen molar-refractivity contribution in [3.63, 3.8) is 0 Å². The Kier molecular flexibility index (Phi) is 6.50. The smallest absolute Gasteiger partial charge is 0.251 e. The van der Waals surface area contributed by atoms with Crippen molar-refractivity contribution in [1.82, 2.24) is 5.32 Å². The summed E-state index contributed by atoms with van der Waals surface area (Å²) in [6.45, 7) is 0. The van der Waals surface area contributed by atoms with E-state index in [-0.39, 0.29) is 46.9 Å². The van der Waals surface area contributed by atoms with Crippen molar-refractivity contribution in [2.45, 2.75) is 43.5 Å². The van der Waals surface area contributed by atoms with Gasteiger partial charge in [0.2, 0.25) is 0 Å². The summed E-state index contributed by atoms with van der Waals surface area (Å²) < 4.78 is 27.7. The third kappa shape index (κ3) is 4.43. The van der Waals surface area contributed by atoms with Crippen molar-refractivity contribution in [1.29, 1.82) is 0 Å². The number of hydrogen-bond acceptors (Lipinski definition) is 2. The van der Waals surface area contributed by atoms with E-state index in [1.807, 2.05) is 0 Å². The largest absolute Gasteiger partial charge is 0.387 e. The second kappa shape index (κ2) is 8.54. The van der Waals surface area contributed by atoms with Gasteiger partial charge < -0.3 is 10.4 Å². The van der Waals surface area contributed by atoms with Gasteiger partial charge in [-0.25, -0.2) is 8.78 Å². The second-order valence-electron chi connectivity index (χ2n) is 6.96. The Morgan fingerprint density at radius 2 is 1.82 bits per heavy atom. The Morgan fingerprint density at radius 1 is 1.14 bits per heavy atom. The Balaban J connectivity index is 1.97. The molecule has 0 aromatic heterocycles. The van der Waals surface area contributed by atoms with Crippen molar-refractivity contribution in [3.05, 3.63) is 68.4 Å². The summed E-state index contributed by atoms with van der Waals surface area (Å²) in [5, 5.41) is 14.2. The molecule has 2 aromatic rings. The van der Waals surface area contributed by atoms with E-state index in [1.54, 1.807) is 0 Å². The number of rotatable bonds is 4. The molecule has 0 heterocycles. The molecule has 3 nitrogen and oxygen atoms in total. The maximum Gasteiger partial charge on any atom is 0.251 e. The first-order valence-corrected chi connectivity index (χ1v) is 9.91. The third-order valence-corrected chi connectivity index (χ3v) is 6.21. The minimum Gasteiger partial charge on any atom is -0.387 e. The van der Waals surface area contributed by atoms with Gasteiger partial charge >= 0.3 is 0 Å². The van der Waals surface area contributed by atoms with Crippen molar-refractivity contribution in [2.24, 2.45) is 0 Å². The van der Waals surface area contributed by atoms with E-state index < -0.39 is 29.5 Å². The summed E-state index contributed by atoms with van der Waals surface area (Å²) in [6.07, 6.45) is -0.527. The van der Waals surface area contributed by atoms with Crippen LogP contribution in [0.3, 0.4) is 0 Å². The van der Waals surface area contributed by atoms with Gasteiger partial charge in [-0.1, -0.05) is 46.9 Å². The molecule has 1 aliphatic rings. The highest BCUT2D eigenvalue weighted by Crippen LogP contribution is 2.42. The first-order chi connectivity index (χ1) is 13.2. The molecule has 0 saturated heterocycles. The van der Waals surface area contributed by atoms with Crippen LogP contribution in [-0.2, 0) is 0 Å². The Morgan fingerprint density at radius 3 is 2.46 bits per heavy atom. The number of amides is 1. The SMILES string of the molecule is O=C(NC(c1cccc(F)c1Cl)[C@]1(O)CC[C@H](F)CC1)c1ccc(Cl)c(Cl)c1. The van der Waals surface area contributed by atoms with E-state index in [9.17, 15) is 18.7 Å². The van der Waals surface area contributed by atoms with Crippen LogP contribution in [0.25, 0.3) is 0 Å². The first-order valence-electron chi connectivity index (χ1n) is 8.77. The Bertz CT molecular complexity index is 886. The summed E-state index contributed by atoms with van der Waals surface area (Å²) in [6, 6.07) is 7.50. The van der Waals surface area contributed by atoms with Crippen LogP contribution in [-0.4, -0.2) is 22.8 Å². The van der Waals surface area contributed by atoms with E-state index in [2.05, 4.69) is 5.32 Å². The highest BCUT2D eigenvalue weighted by atomic mass is 35.5. The predicted octanol–water partition coefficient (Wildman–Crippen LogP) is 5.90. The van der Waals surface area contributed by atoms with Crippen LogP contribution < -0.4 is 5.32 Å². The Labute approximate surface area is 176 Å². The molecule has 1 atom stereocenters. The van der Waals surface area contributed by atoms with E-state index >= 15 is 0 Å². The number of carbonyl (C=O) groups excluding carboxylic acids is 1. The number of benzene rings is 2. The topological polar surface area (TPSA) is 49.3 Å². The van der Waals surface area contributed by atoms with Crippen LogP contribution in [0.2, 0.25) is 15.1 Å². The summed E-state index contributed by atoms with van der Waals surface area (Å²) in [5.41, 5.74) is -1.02. The molecule has 1 saturated carbocycles. The zero-order valence-corrected chi connectivity index (χ0v) is 17.0. The minimum absolute atomic E-state index is 0.104. The summed E-state index contributed by atoms with van der Waals surface area (Å²) in [7, 11) is 0. The molecular weight excluding hydrogens is 431 g/mol. The molecule has 1 aliphatic carbocycles. The van der Waals surface area contributed by atoms with Crippen molar-refractivity contribution < 1.29 is 18.7 Å². The second-order valence-corrected chi connectivity index (χ2v) is 8.15. The molecule has 2 aromatic carbocycles. The predicted molar refractivity (Wildman–Crippen MR) is 106 cm³/mol. The number of carbonyl (C=O) groups is 1. The van der Waals surface area contributed by atoms with Gasteiger partial charge in [0.05, 0.1) is 26.7 Å². The highest BCUT2D eigenvalue weighted by molar-refractivity contribution is 6.42. The normalized spacial score (nSPS) is 23.3. The van der Waals surface area contributed by atoms with Crippen molar-refractivity contribution in [3.8, 4) is 0 Å². The van der Waals surface area contributed by atoms with Crippen LogP contribution in [0.15, 0.2) is 36.4 Å². The first kappa shape index (κ1) is 21.3. The lowest BCUT2D eigenvalue weighted by Crippen LogP contribution is -2.48. The fourth-order valence-corrected chi connectivity index (χ4v) is 4.00. The number of aliphatic hydroxyl groups is 1. The van der Waals surface area contributed by atoms with Gasteiger partial charge in [-0.05, 0) is 55.5 Å². The molecule has 0 spiro atoms. The summed E-state index contributed by atoms with van der Waals surface area (Å²) in [5.74, 6) is -1.21. The molecular formula is C20H18Cl3F2NO2. The molecule has 1 amide bonds. The van der Waals surface area contributed by atoms with Gasteiger partial charge in [-0.3, -0.25) is 4.79 Å². The standard InChI is InChI=1S/C20H18Cl3F2NO2/c21-14-5-4-11(10-15(14)22)19(27)26-18(13-2-1-3-16(25)17(13)23)20(28)8-6-12(24)7-9-20/h1-5,10,12,18,28H,6-9H2,(H,26,27)/t12-,18?,20-. The lowest BCUT2D eigenvalue weighted by molar-refractivity contribution is -0.0445. The van der Waals surface area contributed by atoms with Gasteiger partial charge in [-0.2, -0.15) is 0 Å². The van der Waals surface area contributed by atoms with Crippen LogP contribution >= 0.6 is 34.8 Å². The van der Waals surface area contributed by atoms with Gasteiger partial charge in [-0.15, -0.1) is 0 Å². The average Bonchev–Trinajstić information content (AvgIpc) is 2.67. The average molecular weight is 449 g/mol. The van der Waals surface area contributed by atoms with Gasteiger partial charge in [0.25, 0.3) is 5.91 Å². The number of nitrogens with one attached hydrogen (secondary N) is 1.